The van der Waals surface area contributed by atoms with Gasteiger partial charge in [-0.3, -0.25) is 4.79 Å². The Morgan fingerprint density at radius 3 is 2.76 bits per heavy atom. The van der Waals surface area contributed by atoms with Gasteiger partial charge in [0.2, 0.25) is 0 Å². The zero-order valence-corrected chi connectivity index (χ0v) is 15.9. The second-order valence-electron chi connectivity index (χ2n) is 5.10. The third kappa shape index (κ3) is 4.62. The van der Waals surface area contributed by atoms with Gasteiger partial charge < -0.3 is 9.30 Å². The highest BCUT2D eigenvalue weighted by Crippen LogP contribution is 2.27. The van der Waals surface area contributed by atoms with Crippen molar-refractivity contribution in [1.29, 1.82) is 0 Å². The highest BCUT2D eigenvalue weighted by atomic mass is 35.5. The summed E-state index contributed by atoms with van der Waals surface area (Å²) in [7, 11) is 0. The van der Waals surface area contributed by atoms with E-state index in [1.54, 1.807) is 23.5 Å². The Morgan fingerprint density at radius 1 is 1.28 bits per heavy atom. The Bertz CT molecular complexity index is 832. The Balaban J connectivity index is 1.56. The lowest BCUT2D eigenvalue weighted by atomic mass is 10.2. The number of nitrogens with zero attached hydrogens (tertiary/aromatic N) is 3. The second-order valence-corrected chi connectivity index (χ2v) is 7.43. The average molecular weight is 394 g/mol. The zero-order valence-electron chi connectivity index (χ0n) is 13.5. The summed E-state index contributed by atoms with van der Waals surface area (Å²) in [4.78, 5) is 13.0. The van der Waals surface area contributed by atoms with Crippen molar-refractivity contribution >= 4 is 40.7 Å². The highest BCUT2D eigenvalue weighted by molar-refractivity contribution is 7.99. The number of carbonyl (C=O) groups is 1. The van der Waals surface area contributed by atoms with Crippen LogP contribution in [0.3, 0.4) is 0 Å². The molecule has 3 rings (SSSR count). The van der Waals surface area contributed by atoms with Crippen molar-refractivity contribution in [2.24, 2.45) is 0 Å². The van der Waals surface area contributed by atoms with Gasteiger partial charge in [-0.2, -0.15) is 0 Å². The summed E-state index contributed by atoms with van der Waals surface area (Å²) in [6.45, 7) is 3.00. The van der Waals surface area contributed by atoms with Crippen molar-refractivity contribution in [1.82, 2.24) is 14.8 Å². The maximum atomic E-state index is 12.0. The summed E-state index contributed by atoms with van der Waals surface area (Å²) >= 11 is 8.78. The molecule has 0 radical (unpaired) electrons. The number of hydrogen-bond donors (Lipinski definition) is 0. The van der Waals surface area contributed by atoms with Crippen molar-refractivity contribution in [3.63, 3.8) is 0 Å². The summed E-state index contributed by atoms with van der Waals surface area (Å²) in [6.07, 6.45) is 0. The molecule has 0 atom stereocenters. The van der Waals surface area contributed by atoms with Crippen LogP contribution in [0.4, 0.5) is 0 Å². The average Bonchev–Trinajstić information content (AvgIpc) is 3.28. The molecule has 0 saturated heterocycles. The minimum atomic E-state index is -0.289. The molecule has 2 heterocycles. The standard InChI is InChI=1S/C17H16ClN3O2S2/c1-2-21-16(14-4-3-9-24-14)19-20-17(21)25-11-15(22)23-10-12-5-7-13(18)8-6-12/h3-9H,2,10-11H2,1H3. The van der Waals surface area contributed by atoms with Crippen LogP contribution in [0.15, 0.2) is 46.9 Å². The van der Waals surface area contributed by atoms with Crippen molar-refractivity contribution in [3.05, 3.63) is 52.4 Å². The number of esters is 1. The van der Waals surface area contributed by atoms with Crippen LogP contribution in [0, 0.1) is 0 Å². The van der Waals surface area contributed by atoms with Crippen LogP contribution in [-0.4, -0.2) is 26.5 Å². The molecule has 0 spiro atoms. The molecule has 2 aromatic heterocycles. The first-order valence-electron chi connectivity index (χ1n) is 7.67. The van der Waals surface area contributed by atoms with Gasteiger partial charge in [-0.05, 0) is 36.1 Å². The molecule has 0 N–H and O–H groups in total. The van der Waals surface area contributed by atoms with E-state index in [0.29, 0.717) is 10.2 Å². The van der Waals surface area contributed by atoms with Crippen molar-refractivity contribution in [2.45, 2.75) is 25.2 Å². The normalized spacial score (nSPS) is 10.8. The van der Waals surface area contributed by atoms with Gasteiger partial charge in [-0.25, -0.2) is 0 Å². The van der Waals surface area contributed by atoms with E-state index in [-0.39, 0.29) is 18.3 Å². The lowest BCUT2D eigenvalue weighted by Gasteiger charge is -2.07. The number of benzene rings is 1. The summed E-state index contributed by atoms with van der Waals surface area (Å²) in [5.41, 5.74) is 0.902. The fourth-order valence-corrected chi connectivity index (χ4v) is 3.82. The molecule has 0 aliphatic rings. The van der Waals surface area contributed by atoms with Gasteiger partial charge in [-0.1, -0.05) is 41.6 Å². The molecule has 0 saturated carbocycles. The van der Waals surface area contributed by atoms with Crippen LogP contribution in [0.25, 0.3) is 10.7 Å². The van der Waals surface area contributed by atoms with Gasteiger partial charge in [0.1, 0.15) is 6.61 Å². The zero-order chi connectivity index (χ0) is 17.6. The van der Waals surface area contributed by atoms with Gasteiger partial charge in [0.25, 0.3) is 0 Å². The molecular formula is C17H16ClN3O2S2. The maximum absolute atomic E-state index is 12.0. The Labute approximate surface area is 159 Å². The molecule has 0 aliphatic carbocycles. The fraction of sp³-hybridized carbons (Fsp3) is 0.235. The number of thiophene rings is 1. The van der Waals surface area contributed by atoms with Gasteiger partial charge in [0.05, 0.1) is 10.6 Å². The third-order valence-corrected chi connectivity index (χ3v) is 5.46. The van der Waals surface area contributed by atoms with Crippen molar-refractivity contribution in [2.75, 3.05) is 5.75 Å². The molecule has 8 heteroatoms. The van der Waals surface area contributed by atoms with E-state index >= 15 is 0 Å². The number of hydrogen-bond acceptors (Lipinski definition) is 6. The lowest BCUT2D eigenvalue weighted by molar-refractivity contribution is -0.141. The highest BCUT2D eigenvalue weighted by Gasteiger charge is 2.15. The van der Waals surface area contributed by atoms with E-state index in [0.717, 1.165) is 22.8 Å². The number of thioether (sulfide) groups is 1. The topological polar surface area (TPSA) is 57.0 Å². The molecule has 0 amide bonds. The first-order valence-corrected chi connectivity index (χ1v) is 9.91. The molecule has 0 aliphatic heterocycles. The molecule has 130 valence electrons. The summed E-state index contributed by atoms with van der Waals surface area (Å²) in [5.74, 6) is 0.730. The van der Waals surface area contributed by atoms with Crippen molar-refractivity contribution < 1.29 is 9.53 Å². The fourth-order valence-electron chi connectivity index (χ4n) is 2.18. The smallest absolute Gasteiger partial charge is 0.316 e. The predicted molar refractivity (Wildman–Crippen MR) is 101 cm³/mol. The molecule has 0 unspecified atom stereocenters. The van der Waals surface area contributed by atoms with Crippen LogP contribution in [0.2, 0.25) is 5.02 Å². The van der Waals surface area contributed by atoms with E-state index in [4.69, 9.17) is 16.3 Å². The SMILES string of the molecule is CCn1c(SCC(=O)OCc2ccc(Cl)cc2)nnc1-c1cccs1. The summed E-state index contributed by atoms with van der Waals surface area (Å²) in [6, 6.07) is 11.2. The van der Waals surface area contributed by atoms with E-state index < -0.39 is 0 Å². The van der Waals surface area contributed by atoms with Crippen LogP contribution >= 0.6 is 34.7 Å². The number of aromatic nitrogens is 3. The molecule has 0 bridgehead atoms. The predicted octanol–water partition coefficient (Wildman–Crippen LogP) is 4.52. The summed E-state index contributed by atoms with van der Waals surface area (Å²) < 4.78 is 7.29. The Morgan fingerprint density at radius 2 is 2.08 bits per heavy atom. The molecule has 25 heavy (non-hydrogen) atoms. The molecular weight excluding hydrogens is 378 g/mol. The summed E-state index contributed by atoms with van der Waals surface area (Å²) in [5, 5.41) is 11.8. The van der Waals surface area contributed by atoms with Crippen LogP contribution in [-0.2, 0) is 22.7 Å². The molecule has 5 nitrogen and oxygen atoms in total. The monoisotopic (exact) mass is 393 g/mol. The van der Waals surface area contributed by atoms with E-state index in [9.17, 15) is 4.79 Å². The van der Waals surface area contributed by atoms with Crippen LogP contribution in [0.1, 0.15) is 12.5 Å². The van der Waals surface area contributed by atoms with E-state index in [1.807, 2.05) is 41.1 Å². The quantitative estimate of drug-likeness (QED) is 0.436. The largest absolute Gasteiger partial charge is 0.460 e. The second kappa shape index (κ2) is 8.51. The molecule has 0 fully saturated rings. The Hall–Kier alpha value is -1.83. The van der Waals surface area contributed by atoms with E-state index in [1.165, 1.54) is 11.8 Å². The van der Waals surface area contributed by atoms with Crippen molar-refractivity contribution in [3.8, 4) is 10.7 Å². The van der Waals surface area contributed by atoms with Crippen LogP contribution < -0.4 is 0 Å². The van der Waals surface area contributed by atoms with Gasteiger partial charge in [0.15, 0.2) is 11.0 Å². The maximum Gasteiger partial charge on any atom is 0.316 e. The lowest BCUT2D eigenvalue weighted by Crippen LogP contribution is -2.08. The number of ether oxygens (including phenoxy) is 1. The minimum absolute atomic E-state index is 0.191. The van der Waals surface area contributed by atoms with Gasteiger partial charge >= 0.3 is 5.97 Å². The first-order chi connectivity index (χ1) is 12.2. The van der Waals surface area contributed by atoms with E-state index in [2.05, 4.69) is 10.2 Å². The molecule has 3 aromatic rings. The van der Waals surface area contributed by atoms with Crippen LogP contribution in [0.5, 0.6) is 0 Å². The van der Waals surface area contributed by atoms with Gasteiger partial charge in [0, 0.05) is 11.6 Å². The number of carbonyl (C=O) groups excluding carboxylic acids is 1. The first kappa shape index (κ1) is 18.0. The Kier molecular flexibility index (Phi) is 6.12. The van der Waals surface area contributed by atoms with Gasteiger partial charge in [-0.15, -0.1) is 21.5 Å². The molecule has 1 aromatic carbocycles. The number of halogens is 1. The number of rotatable bonds is 7. The third-order valence-electron chi connectivity index (χ3n) is 3.41. The minimum Gasteiger partial charge on any atom is -0.460 e.